The molecular weight excluding hydrogens is 436 g/mol. The number of aromatic nitrogens is 1. The zero-order valence-electron chi connectivity index (χ0n) is 18.2. The molecule has 0 aliphatic carbocycles. The van der Waals surface area contributed by atoms with Crippen LogP contribution in [0, 0.1) is 0 Å². The molecule has 0 radical (unpaired) electrons. The van der Waals surface area contributed by atoms with E-state index < -0.39 is 5.97 Å². The molecule has 0 aliphatic heterocycles. The van der Waals surface area contributed by atoms with Crippen LogP contribution in [-0.4, -0.2) is 31.0 Å². The van der Waals surface area contributed by atoms with Crippen LogP contribution >= 0.6 is 11.3 Å². The van der Waals surface area contributed by atoms with Crippen LogP contribution in [0.1, 0.15) is 26.4 Å². The molecule has 0 saturated heterocycles. The Labute approximate surface area is 196 Å². The minimum Gasteiger partial charge on any atom is -0.497 e. The molecular formula is C26H22N2O4S. The summed E-state index contributed by atoms with van der Waals surface area (Å²) in [7, 11) is 3.29. The number of anilines is 1. The molecule has 1 amide bonds. The minimum absolute atomic E-state index is 0.0103. The molecule has 1 heterocycles. The molecule has 7 heteroatoms. The van der Waals surface area contributed by atoms with Crippen molar-refractivity contribution in [2.75, 3.05) is 19.1 Å². The third-order valence-electron chi connectivity index (χ3n) is 5.05. The number of methoxy groups -OCH3 is 1. The zero-order chi connectivity index (χ0) is 23.2. The summed E-state index contributed by atoms with van der Waals surface area (Å²) in [6, 6.07) is 23.5. The predicted octanol–water partition coefficient (Wildman–Crippen LogP) is 5.45. The first-order valence-electron chi connectivity index (χ1n) is 10.2. The summed E-state index contributed by atoms with van der Waals surface area (Å²) in [6.45, 7) is 0.0103. The Morgan fingerprint density at radius 2 is 1.67 bits per heavy atom. The second kappa shape index (κ2) is 10.1. The van der Waals surface area contributed by atoms with Crippen LogP contribution in [0.25, 0.3) is 10.6 Å². The van der Waals surface area contributed by atoms with Gasteiger partial charge in [-0.3, -0.25) is 4.79 Å². The lowest BCUT2D eigenvalue weighted by Gasteiger charge is -2.18. The molecule has 0 aliphatic rings. The molecule has 0 bridgehead atoms. The molecule has 0 spiro atoms. The third kappa shape index (κ3) is 5.10. The third-order valence-corrected chi connectivity index (χ3v) is 5.99. The van der Waals surface area contributed by atoms with Gasteiger partial charge in [-0.2, -0.15) is 0 Å². The van der Waals surface area contributed by atoms with E-state index in [1.54, 1.807) is 38.4 Å². The number of ether oxygens (including phenoxy) is 2. The Bertz CT molecular complexity index is 1270. The van der Waals surface area contributed by atoms with Gasteiger partial charge in [0.05, 0.1) is 23.9 Å². The van der Waals surface area contributed by atoms with Gasteiger partial charge >= 0.3 is 5.97 Å². The van der Waals surface area contributed by atoms with Crippen LogP contribution in [-0.2, 0) is 11.3 Å². The molecule has 3 aromatic carbocycles. The Morgan fingerprint density at radius 1 is 0.939 bits per heavy atom. The molecule has 33 heavy (non-hydrogen) atoms. The monoisotopic (exact) mass is 458 g/mol. The molecule has 1 aromatic heterocycles. The van der Waals surface area contributed by atoms with Crippen molar-refractivity contribution in [3.63, 3.8) is 0 Å². The van der Waals surface area contributed by atoms with E-state index in [0.29, 0.717) is 5.69 Å². The average Bonchev–Trinajstić information content (AvgIpc) is 3.36. The average molecular weight is 459 g/mol. The van der Waals surface area contributed by atoms with Gasteiger partial charge in [0.25, 0.3) is 5.91 Å². The van der Waals surface area contributed by atoms with Crippen molar-refractivity contribution in [1.82, 2.24) is 4.98 Å². The van der Waals surface area contributed by atoms with Crippen LogP contribution < -0.4 is 9.64 Å². The molecule has 0 fully saturated rings. The number of carbonyl (C=O) groups excluding carboxylic acids is 2. The van der Waals surface area contributed by atoms with E-state index in [1.807, 2.05) is 60.0 Å². The second-order valence-corrected chi connectivity index (χ2v) is 8.06. The van der Waals surface area contributed by atoms with Crippen molar-refractivity contribution in [2.24, 2.45) is 0 Å². The van der Waals surface area contributed by atoms with Gasteiger partial charge in [-0.15, -0.1) is 11.3 Å². The van der Waals surface area contributed by atoms with Gasteiger partial charge in [-0.1, -0.05) is 42.5 Å². The van der Waals surface area contributed by atoms with Crippen molar-refractivity contribution in [2.45, 2.75) is 6.61 Å². The number of nitrogens with zero attached hydrogens (tertiary/aromatic N) is 2. The fourth-order valence-corrected chi connectivity index (χ4v) is 4.08. The number of para-hydroxylation sites is 1. The summed E-state index contributed by atoms with van der Waals surface area (Å²) >= 11 is 1.46. The lowest BCUT2D eigenvalue weighted by molar-refractivity contribution is 0.0465. The molecule has 4 rings (SSSR count). The zero-order valence-corrected chi connectivity index (χ0v) is 19.0. The highest BCUT2D eigenvalue weighted by Crippen LogP contribution is 2.27. The number of esters is 1. The summed E-state index contributed by atoms with van der Waals surface area (Å²) in [5.41, 5.74) is 2.80. The molecule has 0 unspecified atom stereocenters. The molecule has 0 saturated carbocycles. The lowest BCUT2D eigenvalue weighted by Crippen LogP contribution is -2.28. The minimum atomic E-state index is -0.573. The van der Waals surface area contributed by atoms with E-state index >= 15 is 0 Å². The maximum atomic E-state index is 13.1. The number of thiazole rings is 1. The predicted molar refractivity (Wildman–Crippen MR) is 129 cm³/mol. The SMILES string of the molecule is COc1cccc(-c2nc(COC(=O)c3ccccc3C(=O)N(C)c3ccccc3)cs2)c1. The Hall–Kier alpha value is -3.97. The fraction of sp³-hybridized carbons (Fsp3) is 0.115. The summed E-state index contributed by atoms with van der Waals surface area (Å²) in [4.78, 5) is 31.9. The fourth-order valence-electron chi connectivity index (χ4n) is 3.28. The van der Waals surface area contributed by atoms with Crippen molar-refractivity contribution in [3.05, 3.63) is 101 Å². The summed E-state index contributed by atoms with van der Waals surface area (Å²) in [5, 5.41) is 2.66. The second-order valence-electron chi connectivity index (χ2n) is 7.20. The highest BCUT2D eigenvalue weighted by atomic mass is 32.1. The smallest absolute Gasteiger partial charge is 0.339 e. The number of benzene rings is 3. The van der Waals surface area contributed by atoms with Crippen molar-refractivity contribution in [1.29, 1.82) is 0 Å². The number of carbonyl (C=O) groups is 2. The maximum Gasteiger partial charge on any atom is 0.339 e. The first kappa shape index (κ1) is 22.2. The van der Waals surface area contributed by atoms with Crippen molar-refractivity contribution < 1.29 is 19.1 Å². The quantitative estimate of drug-likeness (QED) is 0.344. The van der Waals surface area contributed by atoms with E-state index in [0.717, 1.165) is 22.0 Å². The summed E-state index contributed by atoms with van der Waals surface area (Å²) < 4.78 is 10.8. The number of amides is 1. The molecule has 0 N–H and O–H groups in total. The van der Waals surface area contributed by atoms with E-state index in [-0.39, 0.29) is 23.6 Å². The number of rotatable bonds is 7. The van der Waals surface area contributed by atoms with E-state index in [2.05, 4.69) is 4.98 Å². The Balaban J connectivity index is 1.47. The van der Waals surface area contributed by atoms with Gasteiger partial charge in [0, 0.05) is 23.7 Å². The van der Waals surface area contributed by atoms with E-state index in [9.17, 15) is 9.59 Å². The lowest BCUT2D eigenvalue weighted by atomic mass is 10.1. The topological polar surface area (TPSA) is 68.7 Å². The molecule has 0 atom stereocenters. The van der Waals surface area contributed by atoms with E-state index in [4.69, 9.17) is 9.47 Å². The van der Waals surface area contributed by atoms with Gasteiger partial charge in [-0.05, 0) is 36.4 Å². The number of hydrogen-bond acceptors (Lipinski definition) is 6. The molecule has 166 valence electrons. The largest absolute Gasteiger partial charge is 0.497 e. The van der Waals surface area contributed by atoms with Crippen LogP contribution in [0.5, 0.6) is 5.75 Å². The number of hydrogen-bond donors (Lipinski definition) is 0. The normalized spacial score (nSPS) is 10.5. The first-order chi connectivity index (χ1) is 16.1. The maximum absolute atomic E-state index is 13.1. The summed E-state index contributed by atoms with van der Waals surface area (Å²) in [6.07, 6.45) is 0. The Kier molecular flexibility index (Phi) is 6.80. The van der Waals surface area contributed by atoms with Crippen LogP contribution in [0.15, 0.2) is 84.2 Å². The van der Waals surface area contributed by atoms with Gasteiger partial charge < -0.3 is 14.4 Å². The van der Waals surface area contributed by atoms with Gasteiger partial charge in [0.1, 0.15) is 17.4 Å². The van der Waals surface area contributed by atoms with Crippen LogP contribution in [0.3, 0.4) is 0 Å². The standard InChI is InChI=1S/C26H22N2O4S/c1-28(20-10-4-3-5-11-20)25(29)22-13-6-7-14-23(22)26(30)32-16-19-17-33-24(27-19)18-9-8-12-21(15-18)31-2/h3-15,17H,16H2,1-2H3. The highest BCUT2D eigenvalue weighted by molar-refractivity contribution is 7.13. The van der Waals surface area contributed by atoms with E-state index in [1.165, 1.54) is 16.2 Å². The van der Waals surface area contributed by atoms with Gasteiger partial charge in [0.15, 0.2) is 0 Å². The molecule has 6 nitrogen and oxygen atoms in total. The first-order valence-corrected chi connectivity index (χ1v) is 11.1. The summed E-state index contributed by atoms with van der Waals surface area (Å²) in [5.74, 6) is -0.114. The molecule has 4 aromatic rings. The van der Waals surface area contributed by atoms with Crippen LogP contribution in [0.2, 0.25) is 0 Å². The van der Waals surface area contributed by atoms with Gasteiger partial charge in [0.2, 0.25) is 0 Å². The van der Waals surface area contributed by atoms with Crippen LogP contribution in [0.4, 0.5) is 5.69 Å². The van der Waals surface area contributed by atoms with Gasteiger partial charge in [-0.25, -0.2) is 9.78 Å². The Morgan fingerprint density at radius 3 is 2.42 bits per heavy atom. The van der Waals surface area contributed by atoms with Crippen molar-refractivity contribution >= 4 is 28.9 Å². The van der Waals surface area contributed by atoms with Crippen molar-refractivity contribution in [3.8, 4) is 16.3 Å². The highest BCUT2D eigenvalue weighted by Gasteiger charge is 2.21.